The molecule has 0 aliphatic rings. The van der Waals surface area contributed by atoms with Crippen LogP contribution in [0.4, 0.5) is 4.39 Å². The third-order valence-corrected chi connectivity index (χ3v) is 6.37. The summed E-state index contributed by atoms with van der Waals surface area (Å²) in [5, 5.41) is 4.59. The summed E-state index contributed by atoms with van der Waals surface area (Å²) >= 11 is 1.47. The van der Waals surface area contributed by atoms with Crippen LogP contribution in [0, 0.1) is 5.82 Å². The van der Waals surface area contributed by atoms with Crippen molar-refractivity contribution in [2.45, 2.75) is 17.9 Å². The van der Waals surface area contributed by atoms with Crippen LogP contribution in [0.2, 0.25) is 0 Å². The molecule has 0 radical (unpaired) electrons. The molecule has 5 nitrogen and oxygen atoms in total. The number of hydrogen-bond donors (Lipinski definition) is 2. The molecular weight excluding hydrogens is 399 g/mol. The van der Waals surface area contributed by atoms with Gasteiger partial charge in [0, 0.05) is 23.5 Å². The Morgan fingerprint density at radius 1 is 1.00 bits per heavy atom. The molecule has 0 fully saturated rings. The Balaban J connectivity index is 1.55. The molecule has 0 atom stereocenters. The summed E-state index contributed by atoms with van der Waals surface area (Å²) in [7, 11) is -3.65. The Morgan fingerprint density at radius 3 is 2.43 bits per heavy atom. The van der Waals surface area contributed by atoms with Crippen LogP contribution >= 0.6 is 11.3 Å². The molecule has 1 aromatic heterocycles. The van der Waals surface area contributed by atoms with Crippen LogP contribution in [0.15, 0.2) is 70.9 Å². The molecule has 0 spiro atoms. The van der Waals surface area contributed by atoms with E-state index in [2.05, 4.69) is 10.0 Å². The van der Waals surface area contributed by atoms with Gasteiger partial charge in [0.15, 0.2) is 0 Å². The van der Waals surface area contributed by atoms with Gasteiger partial charge in [0.2, 0.25) is 10.0 Å². The molecular formula is C20H19FN2O3S2. The molecule has 0 unspecified atom stereocenters. The minimum absolute atomic E-state index is 0.0898. The van der Waals surface area contributed by atoms with Crippen molar-refractivity contribution in [1.82, 2.24) is 10.0 Å². The van der Waals surface area contributed by atoms with Gasteiger partial charge in [-0.2, -0.15) is 0 Å². The Kier molecular flexibility index (Phi) is 6.56. The van der Waals surface area contributed by atoms with Gasteiger partial charge in [0.25, 0.3) is 5.91 Å². The lowest BCUT2D eigenvalue weighted by Crippen LogP contribution is -2.26. The van der Waals surface area contributed by atoms with Crippen LogP contribution in [0.3, 0.4) is 0 Å². The standard InChI is InChI=1S/C20H19FN2O3S2/c21-19-6-2-1-4-15(19)11-12-22-20(24)16-7-9-18(10-8-16)28(25,26)23-14-17-5-3-13-27-17/h1-10,13,23H,11-12,14H2,(H,22,24). The van der Waals surface area contributed by atoms with Crippen LogP contribution in [-0.2, 0) is 23.0 Å². The molecule has 146 valence electrons. The fourth-order valence-corrected chi connectivity index (χ4v) is 4.30. The van der Waals surface area contributed by atoms with Gasteiger partial charge in [-0.25, -0.2) is 17.5 Å². The first kappa shape index (κ1) is 20.2. The van der Waals surface area contributed by atoms with E-state index in [4.69, 9.17) is 0 Å². The van der Waals surface area contributed by atoms with Gasteiger partial charge in [-0.3, -0.25) is 4.79 Å². The summed E-state index contributed by atoms with van der Waals surface area (Å²) < 4.78 is 40.8. The van der Waals surface area contributed by atoms with Gasteiger partial charge in [0.05, 0.1) is 4.90 Å². The summed E-state index contributed by atoms with van der Waals surface area (Å²) in [5.74, 6) is -0.645. The fraction of sp³-hybridized carbons (Fsp3) is 0.150. The maximum Gasteiger partial charge on any atom is 0.251 e. The molecule has 1 amide bonds. The number of carbonyl (C=O) groups excluding carboxylic acids is 1. The minimum atomic E-state index is -3.65. The molecule has 2 aromatic carbocycles. The number of hydrogen-bond acceptors (Lipinski definition) is 4. The van der Waals surface area contributed by atoms with Crippen LogP contribution in [0.1, 0.15) is 20.8 Å². The van der Waals surface area contributed by atoms with Crippen LogP contribution in [0.5, 0.6) is 0 Å². The van der Waals surface area contributed by atoms with Crippen molar-refractivity contribution in [3.63, 3.8) is 0 Å². The normalized spacial score (nSPS) is 11.3. The molecule has 2 N–H and O–H groups in total. The van der Waals surface area contributed by atoms with E-state index in [9.17, 15) is 17.6 Å². The summed E-state index contributed by atoms with van der Waals surface area (Å²) in [5.41, 5.74) is 0.867. The molecule has 0 saturated carbocycles. The van der Waals surface area contributed by atoms with Crippen LogP contribution < -0.4 is 10.0 Å². The Hall–Kier alpha value is -2.55. The highest BCUT2D eigenvalue weighted by Crippen LogP contribution is 2.13. The SMILES string of the molecule is O=C(NCCc1ccccc1F)c1ccc(S(=O)(=O)NCc2cccs2)cc1. The zero-order valence-corrected chi connectivity index (χ0v) is 16.5. The molecule has 0 aliphatic carbocycles. The van der Waals surface area contributed by atoms with Gasteiger partial charge >= 0.3 is 0 Å². The van der Waals surface area contributed by atoms with E-state index >= 15 is 0 Å². The second kappa shape index (κ2) is 9.09. The van der Waals surface area contributed by atoms with E-state index in [-0.39, 0.29) is 29.7 Å². The first-order valence-electron chi connectivity index (χ1n) is 8.59. The van der Waals surface area contributed by atoms with E-state index in [1.807, 2.05) is 17.5 Å². The number of halogens is 1. The van der Waals surface area contributed by atoms with E-state index in [1.54, 1.807) is 18.2 Å². The van der Waals surface area contributed by atoms with E-state index in [0.717, 1.165) is 4.88 Å². The highest BCUT2D eigenvalue weighted by Gasteiger charge is 2.15. The highest BCUT2D eigenvalue weighted by molar-refractivity contribution is 7.89. The second-order valence-corrected chi connectivity index (χ2v) is 8.82. The van der Waals surface area contributed by atoms with Crippen LogP contribution in [-0.4, -0.2) is 20.9 Å². The van der Waals surface area contributed by atoms with Crippen molar-refractivity contribution in [3.8, 4) is 0 Å². The molecule has 3 aromatic rings. The Labute approximate surface area is 167 Å². The summed E-state index contributed by atoms with van der Waals surface area (Å²) in [4.78, 5) is 13.2. The number of amides is 1. The van der Waals surface area contributed by atoms with Gasteiger partial charge in [-0.15, -0.1) is 11.3 Å². The maximum atomic E-state index is 13.6. The third-order valence-electron chi connectivity index (χ3n) is 4.08. The van der Waals surface area contributed by atoms with Crippen molar-refractivity contribution in [2.75, 3.05) is 6.54 Å². The van der Waals surface area contributed by atoms with Gasteiger partial charge in [0.1, 0.15) is 5.82 Å². The number of benzene rings is 2. The lowest BCUT2D eigenvalue weighted by atomic mass is 10.1. The van der Waals surface area contributed by atoms with Gasteiger partial charge < -0.3 is 5.32 Å². The first-order valence-corrected chi connectivity index (χ1v) is 11.0. The van der Waals surface area contributed by atoms with E-state index in [1.165, 1.54) is 41.7 Å². The number of rotatable bonds is 8. The smallest absolute Gasteiger partial charge is 0.251 e. The zero-order chi connectivity index (χ0) is 20.0. The Bertz CT molecular complexity index is 1030. The van der Waals surface area contributed by atoms with E-state index in [0.29, 0.717) is 17.5 Å². The molecule has 0 aliphatic heterocycles. The predicted molar refractivity (Wildman–Crippen MR) is 107 cm³/mol. The zero-order valence-electron chi connectivity index (χ0n) is 14.9. The molecule has 3 rings (SSSR count). The fourth-order valence-electron chi connectivity index (χ4n) is 2.56. The first-order chi connectivity index (χ1) is 13.5. The van der Waals surface area contributed by atoms with Crippen molar-refractivity contribution in [1.29, 1.82) is 0 Å². The largest absolute Gasteiger partial charge is 0.352 e. The lowest BCUT2D eigenvalue weighted by molar-refractivity contribution is 0.0954. The average Bonchev–Trinajstić information content (AvgIpc) is 3.22. The topological polar surface area (TPSA) is 75.3 Å². The van der Waals surface area contributed by atoms with Crippen molar-refractivity contribution < 1.29 is 17.6 Å². The van der Waals surface area contributed by atoms with Gasteiger partial charge in [-0.1, -0.05) is 24.3 Å². The maximum absolute atomic E-state index is 13.6. The summed E-state index contributed by atoms with van der Waals surface area (Å²) in [6, 6.07) is 15.8. The number of nitrogens with one attached hydrogen (secondary N) is 2. The summed E-state index contributed by atoms with van der Waals surface area (Å²) in [6.07, 6.45) is 0.373. The van der Waals surface area contributed by atoms with Crippen molar-refractivity contribution >= 4 is 27.3 Å². The molecule has 0 saturated heterocycles. The van der Waals surface area contributed by atoms with Crippen molar-refractivity contribution in [3.05, 3.63) is 87.9 Å². The van der Waals surface area contributed by atoms with Crippen LogP contribution in [0.25, 0.3) is 0 Å². The molecule has 1 heterocycles. The predicted octanol–water partition coefficient (Wildman–Crippen LogP) is 3.34. The number of sulfonamides is 1. The third kappa shape index (κ3) is 5.25. The second-order valence-electron chi connectivity index (χ2n) is 6.03. The minimum Gasteiger partial charge on any atom is -0.352 e. The number of carbonyl (C=O) groups is 1. The molecule has 0 bridgehead atoms. The monoisotopic (exact) mass is 418 g/mol. The molecule has 8 heteroatoms. The lowest BCUT2D eigenvalue weighted by Gasteiger charge is -2.08. The quantitative estimate of drug-likeness (QED) is 0.589. The average molecular weight is 419 g/mol. The number of thiophene rings is 1. The van der Waals surface area contributed by atoms with Gasteiger partial charge in [-0.05, 0) is 53.8 Å². The van der Waals surface area contributed by atoms with Crippen molar-refractivity contribution in [2.24, 2.45) is 0 Å². The van der Waals surface area contributed by atoms with E-state index < -0.39 is 10.0 Å². The summed E-state index contributed by atoms with van der Waals surface area (Å²) in [6.45, 7) is 0.500. The highest BCUT2D eigenvalue weighted by atomic mass is 32.2. The Morgan fingerprint density at radius 2 is 1.75 bits per heavy atom. The molecule has 28 heavy (non-hydrogen) atoms.